The summed E-state index contributed by atoms with van der Waals surface area (Å²) in [7, 11) is 0. The van der Waals surface area contributed by atoms with Gasteiger partial charge >= 0.3 is 0 Å². The highest BCUT2D eigenvalue weighted by atomic mass is 16.5. The van der Waals surface area contributed by atoms with Crippen molar-refractivity contribution in [2.24, 2.45) is 0 Å². The minimum atomic E-state index is 0.0274. The lowest BCUT2D eigenvalue weighted by Gasteiger charge is -2.29. The zero-order valence-corrected chi connectivity index (χ0v) is 10.8. The fraction of sp³-hybridized carbons (Fsp3) is 0.833. The number of hydrogen-bond acceptors (Lipinski definition) is 3. The average molecular weight is 242 g/mol. The van der Waals surface area contributed by atoms with Crippen molar-refractivity contribution in [2.45, 2.75) is 26.7 Å². The van der Waals surface area contributed by atoms with Gasteiger partial charge < -0.3 is 14.5 Å². The van der Waals surface area contributed by atoms with Gasteiger partial charge in [-0.3, -0.25) is 9.59 Å². The SMILES string of the molecule is CCCC(=O)N(CC)CC(=O)N1CCOCC1. The van der Waals surface area contributed by atoms with Crippen molar-refractivity contribution < 1.29 is 14.3 Å². The molecule has 1 heterocycles. The van der Waals surface area contributed by atoms with E-state index in [1.165, 1.54) is 0 Å². The summed E-state index contributed by atoms with van der Waals surface area (Å²) < 4.78 is 5.19. The van der Waals surface area contributed by atoms with Crippen molar-refractivity contribution in [3.8, 4) is 0 Å². The summed E-state index contributed by atoms with van der Waals surface area (Å²) in [5, 5.41) is 0. The van der Waals surface area contributed by atoms with Crippen molar-refractivity contribution in [1.29, 1.82) is 0 Å². The third-order valence-electron chi connectivity index (χ3n) is 2.89. The molecule has 17 heavy (non-hydrogen) atoms. The van der Waals surface area contributed by atoms with E-state index in [1.54, 1.807) is 9.80 Å². The number of carbonyl (C=O) groups excluding carboxylic acids is 2. The summed E-state index contributed by atoms with van der Waals surface area (Å²) >= 11 is 0. The Balaban J connectivity index is 2.43. The van der Waals surface area contributed by atoms with Gasteiger partial charge in [-0.25, -0.2) is 0 Å². The molecule has 1 fully saturated rings. The van der Waals surface area contributed by atoms with E-state index in [9.17, 15) is 9.59 Å². The monoisotopic (exact) mass is 242 g/mol. The van der Waals surface area contributed by atoms with E-state index in [4.69, 9.17) is 4.74 Å². The second-order valence-corrected chi connectivity index (χ2v) is 4.15. The highest BCUT2D eigenvalue weighted by Crippen LogP contribution is 2.02. The lowest BCUT2D eigenvalue weighted by Crippen LogP contribution is -2.47. The molecule has 0 unspecified atom stereocenters. The third kappa shape index (κ3) is 4.34. The van der Waals surface area contributed by atoms with E-state index in [-0.39, 0.29) is 18.4 Å². The summed E-state index contributed by atoms with van der Waals surface area (Å²) in [5.41, 5.74) is 0. The van der Waals surface area contributed by atoms with Gasteiger partial charge in [0.2, 0.25) is 11.8 Å². The molecular weight excluding hydrogens is 220 g/mol. The van der Waals surface area contributed by atoms with Crippen LogP contribution in [0.2, 0.25) is 0 Å². The maximum Gasteiger partial charge on any atom is 0.242 e. The van der Waals surface area contributed by atoms with Crippen LogP contribution in [0.25, 0.3) is 0 Å². The first-order valence-electron chi connectivity index (χ1n) is 6.32. The molecule has 0 atom stereocenters. The number of hydrogen-bond donors (Lipinski definition) is 0. The Morgan fingerprint density at radius 2 is 1.88 bits per heavy atom. The Morgan fingerprint density at radius 1 is 1.24 bits per heavy atom. The third-order valence-corrected chi connectivity index (χ3v) is 2.89. The van der Waals surface area contributed by atoms with Crippen molar-refractivity contribution in [3.63, 3.8) is 0 Å². The maximum atomic E-state index is 12.0. The zero-order valence-electron chi connectivity index (χ0n) is 10.8. The Kier molecular flexibility index (Phi) is 5.97. The van der Waals surface area contributed by atoms with Crippen LogP contribution in [0.5, 0.6) is 0 Å². The second-order valence-electron chi connectivity index (χ2n) is 4.15. The molecule has 5 nitrogen and oxygen atoms in total. The molecule has 1 aliphatic heterocycles. The molecule has 0 aliphatic carbocycles. The molecule has 0 aromatic carbocycles. The molecule has 1 rings (SSSR count). The molecule has 2 amide bonds. The number of rotatable bonds is 5. The average Bonchev–Trinajstić information content (AvgIpc) is 2.37. The lowest BCUT2D eigenvalue weighted by atomic mass is 10.3. The standard InChI is InChI=1S/C12H22N2O3/c1-3-5-11(15)13(4-2)10-12(16)14-6-8-17-9-7-14/h3-10H2,1-2H3. The van der Waals surface area contributed by atoms with Crippen LogP contribution in [0, 0.1) is 0 Å². The van der Waals surface area contributed by atoms with Gasteiger partial charge in [-0.15, -0.1) is 0 Å². The smallest absolute Gasteiger partial charge is 0.242 e. The summed E-state index contributed by atoms with van der Waals surface area (Å²) in [5.74, 6) is 0.0937. The van der Waals surface area contributed by atoms with E-state index in [0.29, 0.717) is 39.3 Å². The van der Waals surface area contributed by atoms with Crippen LogP contribution in [0.15, 0.2) is 0 Å². The van der Waals surface area contributed by atoms with Crippen LogP contribution in [-0.4, -0.2) is 61.0 Å². The second kappa shape index (κ2) is 7.27. The largest absolute Gasteiger partial charge is 0.378 e. The van der Waals surface area contributed by atoms with E-state index in [1.807, 2.05) is 13.8 Å². The molecule has 0 N–H and O–H groups in total. The van der Waals surface area contributed by atoms with Crippen LogP contribution < -0.4 is 0 Å². The number of nitrogens with zero attached hydrogens (tertiary/aromatic N) is 2. The van der Waals surface area contributed by atoms with Crippen LogP contribution in [0.1, 0.15) is 26.7 Å². The van der Waals surface area contributed by atoms with Gasteiger partial charge in [0.05, 0.1) is 19.8 Å². The van der Waals surface area contributed by atoms with Crippen LogP contribution in [0.3, 0.4) is 0 Å². The summed E-state index contributed by atoms with van der Waals surface area (Å²) in [6.07, 6.45) is 1.34. The molecule has 0 spiro atoms. The summed E-state index contributed by atoms with van der Waals surface area (Å²) in [6, 6.07) is 0. The van der Waals surface area contributed by atoms with Gasteiger partial charge in [-0.2, -0.15) is 0 Å². The minimum Gasteiger partial charge on any atom is -0.378 e. The maximum absolute atomic E-state index is 12.0. The molecule has 98 valence electrons. The lowest BCUT2D eigenvalue weighted by molar-refractivity contribution is -0.142. The van der Waals surface area contributed by atoms with Crippen molar-refractivity contribution in [2.75, 3.05) is 39.4 Å². The molecule has 5 heteroatoms. The fourth-order valence-electron chi connectivity index (χ4n) is 1.82. The van der Waals surface area contributed by atoms with Gasteiger partial charge in [-0.05, 0) is 13.3 Å². The first-order chi connectivity index (χ1) is 8.19. The fourth-order valence-corrected chi connectivity index (χ4v) is 1.82. The normalized spacial score (nSPS) is 15.8. The molecule has 0 bridgehead atoms. The number of ether oxygens (including phenoxy) is 1. The molecule has 0 saturated carbocycles. The van der Waals surface area contributed by atoms with E-state index in [2.05, 4.69) is 0 Å². The molecule has 0 aromatic rings. The van der Waals surface area contributed by atoms with Gasteiger partial charge in [0.1, 0.15) is 0 Å². The first-order valence-corrected chi connectivity index (χ1v) is 6.32. The quantitative estimate of drug-likeness (QED) is 0.705. The number of likely N-dealkylation sites (N-methyl/N-ethyl adjacent to an activating group) is 1. The van der Waals surface area contributed by atoms with Gasteiger partial charge in [0.15, 0.2) is 0 Å². The summed E-state index contributed by atoms with van der Waals surface area (Å²) in [6.45, 7) is 7.14. The van der Waals surface area contributed by atoms with Gasteiger partial charge in [0.25, 0.3) is 0 Å². The number of morpholine rings is 1. The Hall–Kier alpha value is -1.10. The molecule has 1 aliphatic rings. The predicted octanol–water partition coefficient (Wildman–Crippen LogP) is 0.494. The Morgan fingerprint density at radius 3 is 2.41 bits per heavy atom. The van der Waals surface area contributed by atoms with E-state index >= 15 is 0 Å². The molecule has 0 aromatic heterocycles. The Bertz CT molecular complexity index is 262. The summed E-state index contributed by atoms with van der Waals surface area (Å²) in [4.78, 5) is 27.1. The number of carbonyl (C=O) groups is 2. The van der Waals surface area contributed by atoms with Crippen LogP contribution >= 0.6 is 0 Å². The number of amides is 2. The van der Waals surface area contributed by atoms with E-state index in [0.717, 1.165) is 6.42 Å². The predicted molar refractivity (Wildman–Crippen MR) is 64.6 cm³/mol. The van der Waals surface area contributed by atoms with Gasteiger partial charge in [0, 0.05) is 26.1 Å². The van der Waals surface area contributed by atoms with Crippen LogP contribution in [0.4, 0.5) is 0 Å². The molecule has 0 radical (unpaired) electrons. The van der Waals surface area contributed by atoms with Gasteiger partial charge in [-0.1, -0.05) is 6.92 Å². The van der Waals surface area contributed by atoms with Crippen molar-refractivity contribution in [1.82, 2.24) is 9.80 Å². The highest BCUT2D eigenvalue weighted by Gasteiger charge is 2.21. The highest BCUT2D eigenvalue weighted by molar-refractivity contribution is 5.84. The zero-order chi connectivity index (χ0) is 12.7. The van der Waals surface area contributed by atoms with Crippen molar-refractivity contribution >= 4 is 11.8 Å². The van der Waals surface area contributed by atoms with Crippen LogP contribution in [-0.2, 0) is 14.3 Å². The topological polar surface area (TPSA) is 49.9 Å². The van der Waals surface area contributed by atoms with E-state index < -0.39 is 0 Å². The Labute approximate surface area is 103 Å². The molecule has 1 saturated heterocycles. The minimum absolute atomic E-state index is 0.0274. The molecular formula is C12H22N2O3. The first kappa shape index (κ1) is 14.0. The van der Waals surface area contributed by atoms with Crippen molar-refractivity contribution in [3.05, 3.63) is 0 Å².